The van der Waals surface area contributed by atoms with Gasteiger partial charge in [-0.3, -0.25) is 0 Å². The molecule has 0 aromatic carbocycles. The molecule has 0 spiro atoms. The summed E-state index contributed by atoms with van der Waals surface area (Å²) < 4.78 is 0. The monoisotopic (exact) mass is 111 g/mol. The third kappa shape index (κ3) is 1.50. The van der Waals surface area contributed by atoms with E-state index in [2.05, 4.69) is 13.8 Å². The van der Waals surface area contributed by atoms with E-state index in [1.807, 2.05) is 0 Å². The van der Waals surface area contributed by atoms with Gasteiger partial charge in [-0.05, 0) is 5.92 Å². The molecule has 0 saturated heterocycles. The molecule has 0 heterocycles. The van der Waals surface area contributed by atoms with Gasteiger partial charge in [-0.15, -0.1) is 0 Å². The molecule has 0 N–H and O–H groups in total. The van der Waals surface area contributed by atoms with Gasteiger partial charge in [0.1, 0.15) is 0 Å². The van der Waals surface area contributed by atoms with Gasteiger partial charge in [-0.25, -0.2) is 0 Å². The van der Waals surface area contributed by atoms with Crippen LogP contribution in [0.3, 0.4) is 0 Å². The Morgan fingerprint density at radius 2 is 2.12 bits per heavy atom. The van der Waals surface area contributed by atoms with Crippen LogP contribution >= 0.6 is 0 Å². The first kappa shape index (κ1) is 6.12. The molecule has 1 saturated carbocycles. The lowest BCUT2D eigenvalue weighted by atomic mass is 9.84. The van der Waals surface area contributed by atoms with Crippen molar-refractivity contribution in [3.63, 3.8) is 0 Å². The topological polar surface area (TPSA) is 0 Å². The SMILES string of the molecule is [CH2-]C1CCCC(C)C1. The normalized spacial score (nSPS) is 39.8. The first-order valence-electron chi connectivity index (χ1n) is 3.62. The molecule has 0 aliphatic heterocycles. The van der Waals surface area contributed by atoms with Crippen molar-refractivity contribution in [1.29, 1.82) is 0 Å². The lowest BCUT2D eigenvalue weighted by Crippen LogP contribution is -2.09. The summed E-state index contributed by atoms with van der Waals surface area (Å²) in [4.78, 5) is 0. The largest absolute Gasteiger partial charge is 0.340 e. The predicted molar refractivity (Wildman–Crippen MR) is 36.5 cm³/mol. The average Bonchev–Trinajstić information content (AvgIpc) is 1.64. The molecule has 0 aromatic heterocycles. The van der Waals surface area contributed by atoms with Gasteiger partial charge in [0.25, 0.3) is 0 Å². The third-order valence-corrected chi connectivity index (χ3v) is 2.04. The molecule has 0 heteroatoms. The smallest absolute Gasteiger partial charge is 0.0465 e. The maximum Gasteiger partial charge on any atom is -0.0465 e. The second-order valence-electron chi connectivity index (χ2n) is 3.14. The van der Waals surface area contributed by atoms with E-state index < -0.39 is 0 Å². The van der Waals surface area contributed by atoms with E-state index in [0.29, 0.717) is 0 Å². The van der Waals surface area contributed by atoms with Gasteiger partial charge in [0.2, 0.25) is 0 Å². The zero-order chi connectivity index (χ0) is 5.98. The molecule has 2 unspecified atom stereocenters. The molecule has 2 atom stereocenters. The van der Waals surface area contributed by atoms with Gasteiger partial charge in [0.15, 0.2) is 0 Å². The summed E-state index contributed by atoms with van der Waals surface area (Å²) in [6.45, 7) is 6.38. The van der Waals surface area contributed by atoms with Crippen molar-refractivity contribution >= 4 is 0 Å². The number of hydrogen-bond donors (Lipinski definition) is 0. The standard InChI is InChI=1S/C8H15/c1-7-4-3-5-8(2)6-7/h7-8H,1,3-6H2,2H3/q-1. The Bertz CT molecular complexity index is 58.4. The van der Waals surface area contributed by atoms with E-state index >= 15 is 0 Å². The van der Waals surface area contributed by atoms with Crippen LogP contribution in [-0.4, -0.2) is 0 Å². The van der Waals surface area contributed by atoms with Crippen LogP contribution in [0.25, 0.3) is 0 Å². The highest BCUT2D eigenvalue weighted by Crippen LogP contribution is 2.27. The quantitative estimate of drug-likeness (QED) is 0.421. The summed E-state index contributed by atoms with van der Waals surface area (Å²) in [5.41, 5.74) is 0. The van der Waals surface area contributed by atoms with Crippen LogP contribution in [0.15, 0.2) is 0 Å². The van der Waals surface area contributed by atoms with Crippen LogP contribution < -0.4 is 0 Å². The Balaban J connectivity index is 2.23. The highest BCUT2D eigenvalue weighted by molar-refractivity contribution is 4.71. The van der Waals surface area contributed by atoms with E-state index in [-0.39, 0.29) is 0 Å². The Morgan fingerprint density at radius 1 is 1.38 bits per heavy atom. The maximum atomic E-state index is 4.05. The fraction of sp³-hybridized carbons (Fsp3) is 0.875. The molecule has 0 radical (unpaired) electrons. The van der Waals surface area contributed by atoms with Gasteiger partial charge >= 0.3 is 0 Å². The summed E-state index contributed by atoms with van der Waals surface area (Å²) >= 11 is 0. The van der Waals surface area contributed by atoms with Crippen molar-refractivity contribution in [3.8, 4) is 0 Å². The minimum atomic E-state index is 0.763. The lowest BCUT2D eigenvalue weighted by Gasteiger charge is -2.27. The molecule has 1 rings (SSSR count). The average molecular weight is 111 g/mol. The highest BCUT2D eigenvalue weighted by atomic mass is 14.2. The van der Waals surface area contributed by atoms with Crippen LogP contribution in [-0.2, 0) is 0 Å². The van der Waals surface area contributed by atoms with E-state index in [9.17, 15) is 0 Å². The summed E-state index contributed by atoms with van der Waals surface area (Å²) in [6, 6.07) is 0. The molecule has 8 heavy (non-hydrogen) atoms. The molecule has 48 valence electrons. The molecular weight excluding hydrogens is 96.1 g/mol. The molecule has 0 aromatic rings. The molecular formula is C8H15-. The molecule has 1 aliphatic rings. The van der Waals surface area contributed by atoms with Crippen molar-refractivity contribution < 1.29 is 0 Å². The Kier molecular flexibility index (Phi) is 1.93. The lowest BCUT2D eigenvalue weighted by molar-refractivity contribution is 0.323. The Hall–Kier alpha value is 0. The van der Waals surface area contributed by atoms with Crippen LogP contribution in [0, 0.1) is 18.8 Å². The first-order chi connectivity index (χ1) is 3.79. The van der Waals surface area contributed by atoms with E-state index in [1.54, 1.807) is 0 Å². The summed E-state index contributed by atoms with van der Waals surface area (Å²) in [5.74, 6) is 1.71. The van der Waals surface area contributed by atoms with Gasteiger partial charge < -0.3 is 6.92 Å². The zero-order valence-corrected chi connectivity index (χ0v) is 5.69. The highest BCUT2D eigenvalue weighted by Gasteiger charge is 2.09. The Labute approximate surface area is 52.3 Å². The van der Waals surface area contributed by atoms with Gasteiger partial charge in [-0.2, -0.15) is 5.92 Å². The molecule has 1 fully saturated rings. The first-order valence-corrected chi connectivity index (χ1v) is 3.62. The van der Waals surface area contributed by atoms with Gasteiger partial charge in [0, 0.05) is 0 Å². The second-order valence-corrected chi connectivity index (χ2v) is 3.14. The van der Waals surface area contributed by atoms with Crippen molar-refractivity contribution in [2.45, 2.75) is 32.6 Å². The minimum Gasteiger partial charge on any atom is -0.340 e. The molecule has 1 aliphatic carbocycles. The van der Waals surface area contributed by atoms with Crippen LogP contribution in [0.1, 0.15) is 32.6 Å². The van der Waals surface area contributed by atoms with E-state index in [4.69, 9.17) is 0 Å². The summed E-state index contributed by atoms with van der Waals surface area (Å²) in [6.07, 6.45) is 5.58. The fourth-order valence-corrected chi connectivity index (χ4v) is 1.56. The summed E-state index contributed by atoms with van der Waals surface area (Å²) in [7, 11) is 0. The number of rotatable bonds is 0. The maximum absolute atomic E-state index is 4.05. The molecule has 0 bridgehead atoms. The van der Waals surface area contributed by atoms with Crippen molar-refractivity contribution in [2.75, 3.05) is 0 Å². The van der Waals surface area contributed by atoms with Gasteiger partial charge in [-0.1, -0.05) is 32.6 Å². The molecule has 0 amide bonds. The van der Waals surface area contributed by atoms with Crippen molar-refractivity contribution in [2.24, 2.45) is 11.8 Å². The third-order valence-electron chi connectivity index (χ3n) is 2.04. The van der Waals surface area contributed by atoms with Gasteiger partial charge in [0.05, 0.1) is 0 Å². The fourth-order valence-electron chi connectivity index (χ4n) is 1.56. The van der Waals surface area contributed by atoms with Crippen molar-refractivity contribution in [3.05, 3.63) is 6.92 Å². The molecule has 0 nitrogen and oxygen atoms in total. The van der Waals surface area contributed by atoms with Crippen LogP contribution in [0.4, 0.5) is 0 Å². The summed E-state index contributed by atoms with van der Waals surface area (Å²) in [5, 5.41) is 0. The zero-order valence-electron chi connectivity index (χ0n) is 5.69. The second kappa shape index (κ2) is 2.52. The number of hydrogen-bond acceptors (Lipinski definition) is 0. The van der Waals surface area contributed by atoms with E-state index in [0.717, 1.165) is 11.8 Å². The minimum absolute atomic E-state index is 0.763. The van der Waals surface area contributed by atoms with Crippen molar-refractivity contribution in [1.82, 2.24) is 0 Å². The Morgan fingerprint density at radius 3 is 2.50 bits per heavy atom. The van der Waals surface area contributed by atoms with Crippen LogP contribution in [0.2, 0.25) is 0 Å². The van der Waals surface area contributed by atoms with E-state index in [1.165, 1.54) is 25.7 Å². The van der Waals surface area contributed by atoms with Crippen LogP contribution in [0.5, 0.6) is 0 Å². The predicted octanol–water partition coefficient (Wildman–Crippen LogP) is 2.65.